The molecule has 168 valence electrons. The van der Waals surface area contributed by atoms with Gasteiger partial charge in [0.25, 0.3) is 0 Å². The van der Waals surface area contributed by atoms with Crippen molar-refractivity contribution in [1.29, 1.82) is 0 Å². The van der Waals surface area contributed by atoms with Crippen LogP contribution in [0.15, 0.2) is 89.8 Å². The largest absolute Gasteiger partial charge is 0.352 e. The fraction of sp³-hybridized carbons (Fsp3) is 0.240. The topological polar surface area (TPSA) is 75.3 Å². The monoisotopic (exact) mass is 470 g/mol. The first-order valence-electron chi connectivity index (χ1n) is 10.5. The van der Waals surface area contributed by atoms with Gasteiger partial charge in [-0.1, -0.05) is 72.3 Å². The molecule has 0 heterocycles. The molecule has 3 aromatic carbocycles. The molecule has 0 fully saturated rings. The second kappa shape index (κ2) is 11.3. The Labute approximate surface area is 194 Å². The van der Waals surface area contributed by atoms with Crippen LogP contribution in [0.3, 0.4) is 0 Å². The van der Waals surface area contributed by atoms with Gasteiger partial charge in [-0.25, -0.2) is 8.42 Å². The molecule has 2 N–H and O–H groups in total. The van der Waals surface area contributed by atoms with E-state index in [1.54, 1.807) is 0 Å². The van der Waals surface area contributed by atoms with Gasteiger partial charge in [-0.15, -0.1) is 0 Å². The summed E-state index contributed by atoms with van der Waals surface area (Å²) in [6.07, 6.45) is 1.81. The summed E-state index contributed by atoms with van der Waals surface area (Å²) in [6.45, 7) is 1.92. The molecule has 0 unspecified atom stereocenters. The van der Waals surface area contributed by atoms with E-state index in [2.05, 4.69) is 10.0 Å². The lowest BCUT2D eigenvalue weighted by Crippen LogP contribution is -2.50. The maximum Gasteiger partial charge on any atom is 0.241 e. The Morgan fingerprint density at radius 3 is 2.03 bits per heavy atom. The maximum absolute atomic E-state index is 13.1. The van der Waals surface area contributed by atoms with Gasteiger partial charge in [0.05, 0.1) is 4.90 Å². The van der Waals surface area contributed by atoms with Gasteiger partial charge in [0, 0.05) is 11.1 Å². The number of hydrogen-bond donors (Lipinski definition) is 2. The summed E-state index contributed by atoms with van der Waals surface area (Å²) in [7, 11) is -3.90. The summed E-state index contributed by atoms with van der Waals surface area (Å²) in [5.41, 5.74) is 2.06. The predicted octanol–water partition coefficient (Wildman–Crippen LogP) is 4.37. The normalized spacial score (nSPS) is 13.3. The first kappa shape index (κ1) is 24.0. The van der Waals surface area contributed by atoms with Gasteiger partial charge < -0.3 is 5.32 Å². The van der Waals surface area contributed by atoms with Crippen LogP contribution in [-0.4, -0.2) is 26.4 Å². The molecule has 0 bridgehead atoms. The Bertz CT molecular complexity index is 1100. The lowest BCUT2D eigenvalue weighted by molar-refractivity contribution is -0.123. The van der Waals surface area contributed by atoms with Crippen LogP contribution in [0, 0.1) is 0 Å². The van der Waals surface area contributed by atoms with Crippen LogP contribution in [0.2, 0.25) is 5.02 Å². The Morgan fingerprint density at radius 1 is 0.875 bits per heavy atom. The zero-order valence-electron chi connectivity index (χ0n) is 17.9. The van der Waals surface area contributed by atoms with Crippen molar-refractivity contribution < 1.29 is 13.2 Å². The van der Waals surface area contributed by atoms with E-state index < -0.39 is 16.1 Å². The van der Waals surface area contributed by atoms with Crippen LogP contribution in [0.1, 0.15) is 24.5 Å². The van der Waals surface area contributed by atoms with E-state index in [1.165, 1.54) is 29.8 Å². The van der Waals surface area contributed by atoms with Crippen molar-refractivity contribution in [3.8, 4) is 0 Å². The van der Waals surface area contributed by atoms with E-state index >= 15 is 0 Å². The molecule has 32 heavy (non-hydrogen) atoms. The maximum atomic E-state index is 13.1. The number of halogens is 1. The fourth-order valence-corrected chi connectivity index (χ4v) is 4.67. The molecule has 7 heteroatoms. The molecular formula is C25H27ClN2O3S. The number of aryl methyl sites for hydroxylation is 1. The number of nitrogens with one attached hydrogen (secondary N) is 2. The van der Waals surface area contributed by atoms with E-state index in [4.69, 9.17) is 11.6 Å². The molecule has 0 saturated heterocycles. The van der Waals surface area contributed by atoms with Crippen molar-refractivity contribution in [3.05, 3.63) is 101 Å². The van der Waals surface area contributed by atoms with Gasteiger partial charge in [-0.3, -0.25) is 4.79 Å². The van der Waals surface area contributed by atoms with Gasteiger partial charge in [-0.2, -0.15) is 4.72 Å². The average molecular weight is 471 g/mol. The van der Waals surface area contributed by atoms with E-state index in [-0.39, 0.29) is 23.3 Å². The quantitative estimate of drug-likeness (QED) is 0.462. The smallest absolute Gasteiger partial charge is 0.241 e. The molecule has 0 spiro atoms. The van der Waals surface area contributed by atoms with E-state index in [9.17, 15) is 13.2 Å². The zero-order valence-corrected chi connectivity index (χ0v) is 19.4. The highest BCUT2D eigenvalue weighted by atomic mass is 35.5. The Hall–Kier alpha value is -2.67. The van der Waals surface area contributed by atoms with E-state index in [1.807, 2.05) is 67.6 Å². The molecule has 0 aromatic heterocycles. The summed E-state index contributed by atoms with van der Waals surface area (Å²) in [6, 6.07) is 24.2. The first-order valence-corrected chi connectivity index (χ1v) is 12.4. The number of amides is 1. The minimum Gasteiger partial charge on any atom is -0.352 e. The fourth-order valence-electron chi connectivity index (χ4n) is 3.35. The van der Waals surface area contributed by atoms with Gasteiger partial charge in [-0.05, 0) is 61.6 Å². The van der Waals surface area contributed by atoms with Crippen LogP contribution in [-0.2, 0) is 27.7 Å². The van der Waals surface area contributed by atoms with Crippen molar-refractivity contribution in [2.24, 2.45) is 0 Å². The number of carbonyl (C=O) groups is 1. The van der Waals surface area contributed by atoms with E-state index in [0.29, 0.717) is 5.02 Å². The lowest BCUT2D eigenvalue weighted by atomic mass is 10.0. The van der Waals surface area contributed by atoms with Crippen molar-refractivity contribution in [1.82, 2.24) is 10.0 Å². The van der Waals surface area contributed by atoms with Crippen LogP contribution < -0.4 is 10.0 Å². The highest BCUT2D eigenvalue weighted by molar-refractivity contribution is 7.89. The average Bonchev–Trinajstić information content (AvgIpc) is 2.79. The number of rotatable bonds is 10. The molecule has 3 rings (SSSR count). The third-order valence-corrected chi connectivity index (χ3v) is 6.86. The highest BCUT2D eigenvalue weighted by Crippen LogP contribution is 2.15. The van der Waals surface area contributed by atoms with Gasteiger partial charge in [0.15, 0.2) is 0 Å². The minimum absolute atomic E-state index is 0.0601. The lowest BCUT2D eigenvalue weighted by Gasteiger charge is -2.22. The third kappa shape index (κ3) is 7.19. The van der Waals surface area contributed by atoms with Crippen LogP contribution >= 0.6 is 11.6 Å². The van der Waals surface area contributed by atoms with Crippen molar-refractivity contribution >= 4 is 27.5 Å². The summed E-state index contributed by atoms with van der Waals surface area (Å²) in [5.74, 6) is -0.355. The van der Waals surface area contributed by atoms with Gasteiger partial charge in [0.1, 0.15) is 6.04 Å². The Balaban J connectivity index is 1.71. The van der Waals surface area contributed by atoms with Crippen LogP contribution in [0.25, 0.3) is 0 Å². The molecule has 0 saturated carbocycles. The predicted molar refractivity (Wildman–Crippen MR) is 128 cm³/mol. The Kier molecular flexibility index (Phi) is 8.45. The summed E-state index contributed by atoms with van der Waals surface area (Å²) in [4.78, 5) is 13.1. The standard InChI is InChI=1S/C25H27ClN2O3S/c1-19(12-13-20-8-4-2-5-9-20)27-25(29)24(18-21-10-6-3-7-11-21)28-32(30,31)23-16-14-22(26)15-17-23/h2-11,14-17,19,24,28H,12-13,18H2,1H3,(H,27,29)/t19-,24-/m0/s1. The first-order chi connectivity index (χ1) is 15.3. The number of hydrogen-bond acceptors (Lipinski definition) is 3. The van der Waals surface area contributed by atoms with E-state index in [0.717, 1.165) is 18.4 Å². The second-order valence-corrected chi connectivity index (χ2v) is 9.90. The van der Waals surface area contributed by atoms with Crippen LogP contribution in [0.5, 0.6) is 0 Å². The zero-order chi connectivity index (χ0) is 23.0. The Morgan fingerprint density at radius 2 is 1.44 bits per heavy atom. The van der Waals surface area contributed by atoms with Crippen LogP contribution in [0.4, 0.5) is 0 Å². The molecular weight excluding hydrogens is 444 g/mol. The summed E-state index contributed by atoms with van der Waals surface area (Å²) in [5, 5.41) is 3.41. The number of benzene rings is 3. The molecule has 1 amide bonds. The van der Waals surface area contributed by atoms with Gasteiger partial charge >= 0.3 is 0 Å². The molecule has 2 atom stereocenters. The van der Waals surface area contributed by atoms with Crippen molar-refractivity contribution in [2.75, 3.05) is 0 Å². The molecule has 0 aliphatic rings. The molecule has 0 aliphatic carbocycles. The number of carbonyl (C=O) groups excluding carboxylic acids is 1. The minimum atomic E-state index is -3.90. The number of sulfonamides is 1. The summed E-state index contributed by atoms with van der Waals surface area (Å²) >= 11 is 5.88. The highest BCUT2D eigenvalue weighted by Gasteiger charge is 2.27. The van der Waals surface area contributed by atoms with Gasteiger partial charge in [0.2, 0.25) is 15.9 Å². The third-order valence-electron chi connectivity index (χ3n) is 5.12. The summed E-state index contributed by atoms with van der Waals surface area (Å²) < 4.78 is 28.4. The molecule has 0 radical (unpaired) electrons. The second-order valence-electron chi connectivity index (χ2n) is 7.75. The molecule has 5 nitrogen and oxygen atoms in total. The SMILES string of the molecule is C[C@@H](CCc1ccccc1)NC(=O)[C@H](Cc1ccccc1)NS(=O)(=O)c1ccc(Cl)cc1. The molecule has 3 aromatic rings. The molecule has 0 aliphatic heterocycles. The van der Waals surface area contributed by atoms with Crippen molar-refractivity contribution in [3.63, 3.8) is 0 Å². The van der Waals surface area contributed by atoms with Crippen molar-refractivity contribution in [2.45, 2.75) is 43.2 Å².